The molecule has 6 rings (SSSR count). The molecule has 0 unspecified atom stereocenters. The third-order valence-electron chi connectivity index (χ3n) is 5.04. The molecule has 6 aromatic rings. The number of benzene rings is 2. The Kier molecular flexibility index (Phi) is 7.04. The predicted molar refractivity (Wildman–Crippen MR) is 127 cm³/mol. The first-order valence-corrected chi connectivity index (χ1v) is 10.3. The standard InChI is InChI=1S/C16H9N2O.C12H10N.Ir/c1-2-6-15-12(5-1)13-8-14(18-10-16(13)19-15)11-4-3-7-17-9-11;1-10-7-8-12(13-9-10)11-5-3-2-4-6-11;/h1-3,5-10H;2-5,7-9H,1H3;/q2*-1;. The van der Waals surface area contributed by atoms with Crippen LogP contribution in [0.25, 0.3) is 44.5 Å². The molecule has 0 spiro atoms. The average molecular weight is 606 g/mol. The molecule has 0 aliphatic carbocycles. The summed E-state index contributed by atoms with van der Waals surface area (Å²) in [7, 11) is 0. The first-order valence-electron chi connectivity index (χ1n) is 10.3. The first kappa shape index (κ1) is 22.5. The number of aryl methyl sites for hydroxylation is 1. The molecule has 2 aromatic carbocycles. The van der Waals surface area contributed by atoms with Crippen LogP contribution in [0.2, 0.25) is 0 Å². The second-order valence-electron chi connectivity index (χ2n) is 7.31. The quantitative estimate of drug-likeness (QED) is 0.206. The van der Waals surface area contributed by atoms with Crippen LogP contribution in [0.1, 0.15) is 5.56 Å². The Hall–Kier alpha value is -3.66. The molecule has 0 fully saturated rings. The fraction of sp³-hybridized carbons (Fsp3) is 0.0357. The maximum absolute atomic E-state index is 5.75. The number of fused-ring (bicyclic) bond motifs is 3. The fourth-order valence-electron chi connectivity index (χ4n) is 3.42. The van der Waals surface area contributed by atoms with E-state index in [1.165, 1.54) is 5.56 Å². The van der Waals surface area contributed by atoms with Crippen molar-refractivity contribution in [1.82, 2.24) is 15.0 Å². The van der Waals surface area contributed by atoms with Gasteiger partial charge < -0.3 is 19.4 Å². The number of pyridine rings is 3. The normalized spacial score (nSPS) is 10.3. The van der Waals surface area contributed by atoms with Gasteiger partial charge in [0, 0.05) is 37.1 Å². The third-order valence-corrected chi connectivity index (χ3v) is 5.04. The van der Waals surface area contributed by atoms with Crippen LogP contribution in [-0.2, 0) is 20.1 Å². The van der Waals surface area contributed by atoms with Crippen molar-refractivity contribution in [2.24, 2.45) is 0 Å². The summed E-state index contributed by atoms with van der Waals surface area (Å²) in [5, 5.41) is 2.17. The summed E-state index contributed by atoms with van der Waals surface area (Å²) in [6, 6.07) is 30.0. The van der Waals surface area contributed by atoms with E-state index in [9.17, 15) is 0 Å². The van der Waals surface area contributed by atoms with Crippen molar-refractivity contribution >= 4 is 21.9 Å². The maximum atomic E-state index is 5.75. The Labute approximate surface area is 205 Å². The number of rotatable bonds is 2. The van der Waals surface area contributed by atoms with E-state index < -0.39 is 0 Å². The number of furan rings is 1. The van der Waals surface area contributed by atoms with Gasteiger partial charge in [-0.2, -0.15) is 0 Å². The molecule has 0 saturated heterocycles. The molecule has 4 heterocycles. The van der Waals surface area contributed by atoms with Gasteiger partial charge in [-0.1, -0.05) is 48.8 Å². The molecule has 0 amide bonds. The number of aromatic nitrogens is 3. The van der Waals surface area contributed by atoms with E-state index in [4.69, 9.17) is 4.42 Å². The van der Waals surface area contributed by atoms with E-state index in [1.54, 1.807) is 24.7 Å². The van der Waals surface area contributed by atoms with E-state index >= 15 is 0 Å². The van der Waals surface area contributed by atoms with Crippen LogP contribution < -0.4 is 0 Å². The van der Waals surface area contributed by atoms with Gasteiger partial charge in [0.2, 0.25) is 0 Å². The average Bonchev–Trinajstić information content (AvgIpc) is 3.24. The molecule has 0 N–H and O–H groups in total. The van der Waals surface area contributed by atoms with Crippen LogP contribution in [0.4, 0.5) is 0 Å². The molecule has 5 heteroatoms. The topological polar surface area (TPSA) is 51.8 Å². The van der Waals surface area contributed by atoms with Gasteiger partial charge in [-0.05, 0) is 29.9 Å². The van der Waals surface area contributed by atoms with Crippen LogP contribution in [-0.4, -0.2) is 15.0 Å². The van der Waals surface area contributed by atoms with Crippen molar-refractivity contribution in [2.75, 3.05) is 0 Å². The van der Waals surface area contributed by atoms with E-state index in [0.29, 0.717) is 0 Å². The van der Waals surface area contributed by atoms with Gasteiger partial charge in [0.1, 0.15) is 5.58 Å². The summed E-state index contributed by atoms with van der Waals surface area (Å²) in [6.45, 7) is 2.03. The Morgan fingerprint density at radius 2 is 1.52 bits per heavy atom. The van der Waals surface area contributed by atoms with Crippen LogP contribution in [0, 0.1) is 19.1 Å². The Morgan fingerprint density at radius 1 is 0.697 bits per heavy atom. The van der Waals surface area contributed by atoms with Crippen LogP contribution in [0.15, 0.2) is 102 Å². The second-order valence-corrected chi connectivity index (χ2v) is 7.31. The summed E-state index contributed by atoms with van der Waals surface area (Å²) in [5.74, 6) is 0. The number of para-hydroxylation sites is 1. The monoisotopic (exact) mass is 606 g/mol. The Balaban J connectivity index is 0.000000164. The summed E-state index contributed by atoms with van der Waals surface area (Å²) in [6.07, 6.45) is 7.09. The second kappa shape index (κ2) is 10.3. The van der Waals surface area contributed by atoms with Gasteiger partial charge in [-0.3, -0.25) is 0 Å². The number of hydrogen-bond donors (Lipinski definition) is 0. The fourth-order valence-corrected chi connectivity index (χ4v) is 3.42. The maximum Gasteiger partial charge on any atom is 0.151 e. The molecule has 4 nitrogen and oxygen atoms in total. The van der Waals surface area contributed by atoms with Crippen LogP contribution in [0.5, 0.6) is 0 Å². The van der Waals surface area contributed by atoms with Gasteiger partial charge >= 0.3 is 0 Å². The predicted octanol–water partition coefficient (Wildman–Crippen LogP) is 6.70. The molecule has 0 atom stereocenters. The van der Waals surface area contributed by atoms with E-state index in [2.05, 4.69) is 39.2 Å². The molecule has 0 aliphatic rings. The minimum atomic E-state index is 0. The van der Waals surface area contributed by atoms with Gasteiger partial charge in [0.15, 0.2) is 5.58 Å². The molecular weight excluding hydrogens is 587 g/mol. The van der Waals surface area contributed by atoms with E-state index in [0.717, 1.165) is 44.5 Å². The molecule has 33 heavy (non-hydrogen) atoms. The Bertz CT molecular complexity index is 1460. The van der Waals surface area contributed by atoms with Gasteiger partial charge in [-0.25, -0.2) is 0 Å². The van der Waals surface area contributed by atoms with Crippen molar-refractivity contribution in [1.29, 1.82) is 0 Å². The SMILES string of the molecule is Cc1ccc(-c2[c-]cccc2)nc1.[Ir].[c-]1ccncc1-c1cc2c(cn1)oc1ccccc12. The molecule has 0 aliphatic heterocycles. The van der Waals surface area contributed by atoms with Crippen molar-refractivity contribution in [3.05, 3.63) is 115 Å². The van der Waals surface area contributed by atoms with Gasteiger partial charge in [0.05, 0.1) is 6.20 Å². The molecular formula is C28H19IrN3O-2. The van der Waals surface area contributed by atoms with Crippen molar-refractivity contribution in [3.8, 4) is 22.5 Å². The summed E-state index contributed by atoms with van der Waals surface area (Å²) < 4.78 is 5.75. The van der Waals surface area contributed by atoms with Crippen molar-refractivity contribution < 1.29 is 24.5 Å². The number of nitrogens with zero attached hydrogens (tertiary/aromatic N) is 3. The van der Waals surface area contributed by atoms with Gasteiger partial charge in [-0.15, -0.1) is 53.6 Å². The van der Waals surface area contributed by atoms with Crippen LogP contribution >= 0.6 is 0 Å². The summed E-state index contributed by atoms with van der Waals surface area (Å²) in [5.41, 5.74) is 6.62. The zero-order valence-corrected chi connectivity index (χ0v) is 20.2. The van der Waals surface area contributed by atoms with Crippen molar-refractivity contribution in [3.63, 3.8) is 0 Å². The number of hydrogen-bond acceptors (Lipinski definition) is 4. The zero-order chi connectivity index (χ0) is 21.8. The molecule has 4 aromatic heterocycles. The van der Waals surface area contributed by atoms with Gasteiger partial charge in [0.25, 0.3) is 0 Å². The van der Waals surface area contributed by atoms with E-state index in [1.807, 2.05) is 67.7 Å². The van der Waals surface area contributed by atoms with Crippen LogP contribution in [0.3, 0.4) is 0 Å². The minimum absolute atomic E-state index is 0. The molecule has 1 radical (unpaired) electrons. The molecule has 0 saturated carbocycles. The van der Waals surface area contributed by atoms with E-state index in [-0.39, 0.29) is 20.1 Å². The largest absolute Gasteiger partial charge is 0.455 e. The molecule has 163 valence electrons. The minimum Gasteiger partial charge on any atom is -0.455 e. The zero-order valence-electron chi connectivity index (χ0n) is 17.8. The summed E-state index contributed by atoms with van der Waals surface area (Å²) in [4.78, 5) is 12.8. The summed E-state index contributed by atoms with van der Waals surface area (Å²) >= 11 is 0. The first-order chi connectivity index (χ1) is 15.8. The Morgan fingerprint density at radius 3 is 2.27 bits per heavy atom. The van der Waals surface area contributed by atoms with Crippen molar-refractivity contribution in [2.45, 2.75) is 6.92 Å². The smallest absolute Gasteiger partial charge is 0.151 e. The third kappa shape index (κ3) is 5.06. The molecule has 0 bridgehead atoms.